The molecule has 1 aromatic heterocycles. The first-order valence-electron chi connectivity index (χ1n) is 8.09. The molecule has 0 fully saturated rings. The predicted molar refractivity (Wildman–Crippen MR) is 99.8 cm³/mol. The van der Waals surface area contributed by atoms with Crippen LogP contribution in [0.25, 0.3) is 10.9 Å². The third kappa shape index (κ3) is 2.34. The summed E-state index contributed by atoms with van der Waals surface area (Å²) in [6.45, 7) is 16.0. The second kappa shape index (κ2) is 6.01. The molecule has 0 bridgehead atoms. The molecular weight excluding hydrogens is 288 g/mol. The number of nitriles is 1. The van der Waals surface area contributed by atoms with Crippen molar-refractivity contribution in [3.8, 4) is 6.07 Å². The Morgan fingerprint density at radius 2 is 1.50 bits per heavy atom. The van der Waals surface area contributed by atoms with Crippen LogP contribution in [0.3, 0.4) is 0 Å². The van der Waals surface area contributed by atoms with Crippen LogP contribution in [0.2, 0.25) is 0 Å². The zero-order valence-electron chi connectivity index (χ0n) is 14.8. The Bertz CT molecular complexity index is 695. The Morgan fingerprint density at radius 1 is 0.955 bits per heavy atom. The minimum Gasteiger partial charge on any atom is -0.292 e. The highest BCUT2D eigenvalue weighted by Crippen LogP contribution is 2.63. The molecule has 0 unspecified atom stereocenters. The molecule has 3 heteroatoms. The van der Waals surface area contributed by atoms with Crippen LogP contribution in [0.5, 0.6) is 0 Å². The van der Waals surface area contributed by atoms with Crippen molar-refractivity contribution in [1.82, 2.24) is 3.97 Å². The molecule has 22 heavy (non-hydrogen) atoms. The average Bonchev–Trinajstić information content (AvgIpc) is 2.77. The van der Waals surface area contributed by atoms with Crippen LogP contribution < -0.4 is 0 Å². The first-order valence-corrected chi connectivity index (χ1v) is 9.87. The topological polar surface area (TPSA) is 28.7 Å². The summed E-state index contributed by atoms with van der Waals surface area (Å²) in [7, 11) is -1.17. The van der Waals surface area contributed by atoms with Gasteiger partial charge in [-0.3, -0.25) is 3.97 Å². The summed E-state index contributed by atoms with van der Waals surface area (Å²) < 4.78 is 2.41. The highest BCUT2D eigenvalue weighted by Gasteiger charge is 2.38. The molecule has 0 spiro atoms. The van der Waals surface area contributed by atoms with Crippen molar-refractivity contribution in [1.29, 1.82) is 5.26 Å². The van der Waals surface area contributed by atoms with Crippen LogP contribution in [-0.2, 0) is 0 Å². The van der Waals surface area contributed by atoms with Crippen LogP contribution in [-0.4, -0.2) is 19.7 Å². The number of benzene rings is 1. The lowest BCUT2D eigenvalue weighted by Gasteiger charge is -2.53. The van der Waals surface area contributed by atoms with Crippen molar-refractivity contribution in [2.45, 2.75) is 64.2 Å². The van der Waals surface area contributed by atoms with E-state index in [1.807, 2.05) is 0 Å². The lowest BCUT2D eigenvalue weighted by Crippen LogP contribution is -2.34. The second-order valence-corrected chi connectivity index (χ2v) is 11.5. The molecule has 1 aromatic carbocycles. The van der Waals surface area contributed by atoms with Gasteiger partial charge in [0.2, 0.25) is 0 Å². The van der Waals surface area contributed by atoms with Gasteiger partial charge >= 0.3 is 0 Å². The Balaban J connectivity index is 2.96. The molecule has 2 nitrogen and oxygen atoms in total. The summed E-state index contributed by atoms with van der Waals surface area (Å²) in [6.07, 6.45) is 0. The van der Waals surface area contributed by atoms with Crippen molar-refractivity contribution >= 4 is 21.1 Å². The third-order valence-corrected chi connectivity index (χ3v) is 10.2. The van der Waals surface area contributed by atoms with Gasteiger partial charge in [-0.25, -0.2) is 0 Å². The standard InChI is InChI=1S/C19H28N2S/c1-13(2)22(14(3)4,15(5)6)21-18(12-20)11-17-9-8-16(7)10-19(17)21/h8-11,13-15H,1-7H3. The van der Waals surface area contributed by atoms with Gasteiger partial charge in [0.25, 0.3) is 0 Å². The van der Waals surface area contributed by atoms with Crippen LogP contribution >= 0.6 is 10.2 Å². The maximum absolute atomic E-state index is 9.74. The van der Waals surface area contributed by atoms with Gasteiger partial charge in [0, 0.05) is 21.1 Å². The van der Waals surface area contributed by atoms with Crippen molar-refractivity contribution in [2.75, 3.05) is 0 Å². The van der Waals surface area contributed by atoms with E-state index in [1.54, 1.807) is 0 Å². The number of aryl methyl sites for hydroxylation is 1. The van der Waals surface area contributed by atoms with E-state index in [0.29, 0.717) is 15.7 Å². The van der Waals surface area contributed by atoms with Crippen molar-refractivity contribution < 1.29 is 0 Å². The van der Waals surface area contributed by atoms with Gasteiger partial charge in [0.15, 0.2) is 0 Å². The number of rotatable bonds is 4. The summed E-state index contributed by atoms with van der Waals surface area (Å²) in [5, 5.41) is 12.5. The summed E-state index contributed by atoms with van der Waals surface area (Å²) in [5.74, 6) is 0. The van der Waals surface area contributed by atoms with Gasteiger partial charge in [0.05, 0.1) is 5.52 Å². The Hall–Kier alpha value is -1.40. The van der Waals surface area contributed by atoms with Gasteiger partial charge in [-0.2, -0.15) is 15.5 Å². The summed E-state index contributed by atoms with van der Waals surface area (Å²) in [5.41, 5.74) is 3.29. The van der Waals surface area contributed by atoms with Gasteiger partial charge in [-0.05, 0) is 24.6 Å². The van der Waals surface area contributed by atoms with E-state index in [-0.39, 0.29) is 0 Å². The molecule has 2 rings (SSSR count). The second-order valence-electron chi connectivity index (χ2n) is 6.87. The van der Waals surface area contributed by atoms with E-state index in [2.05, 4.69) is 82.8 Å². The largest absolute Gasteiger partial charge is 0.292 e. The average molecular weight is 317 g/mol. The zero-order valence-corrected chi connectivity index (χ0v) is 15.7. The van der Waals surface area contributed by atoms with E-state index in [0.717, 1.165) is 5.69 Å². The maximum atomic E-state index is 9.74. The molecule has 0 saturated heterocycles. The predicted octanol–water partition coefficient (Wildman–Crippen LogP) is 5.61. The fraction of sp³-hybridized carbons (Fsp3) is 0.526. The molecular formula is C19H28N2S. The fourth-order valence-corrected chi connectivity index (χ4v) is 9.44. The van der Waals surface area contributed by atoms with Gasteiger partial charge in [-0.1, -0.05) is 53.7 Å². The fourth-order valence-electron chi connectivity index (χ4n) is 3.97. The van der Waals surface area contributed by atoms with E-state index >= 15 is 0 Å². The maximum Gasteiger partial charge on any atom is 0.130 e. The van der Waals surface area contributed by atoms with E-state index in [4.69, 9.17) is 0 Å². The molecule has 0 N–H and O–H groups in total. The van der Waals surface area contributed by atoms with Gasteiger partial charge in [-0.15, -0.1) is 0 Å². The van der Waals surface area contributed by atoms with Crippen LogP contribution in [0, 0.1) is 18.3 Å². The molecule has 0 aliphatic rings. The van der Waals surface area contributed by atoms with Crippen LogP contribution in [0.15, 0.2) is 24.3 Å². The number of fused-ring (bicyclic) bond motifs is 1. The molecule has 0 atom stereocenters. The highest BCUT2D eigenvalue weighted by molar-refractivity contribution is 8.34. The molecule has 1 heterocycles. The Labute approximate surface area is 136 Å². The molecule has 0 amide bonds. The Kier molecular flexibility index (Phi) is 4.63. The normalized spacial score (nSPS) is 13.3. The van der Waals surface area contributed by atoms with E-state index in [9.17, 15) is 5.26 Å². The first-order chi connectivity index (χ1) is 10.3. The number of hydrogen-bond acceptors (Lipinski definition) is 1. The van der Waals surface area contributed by atoms with Crippen LogP contribution in [0.4, 0.5) is 0 Å². The molecule has 0 aliphatic carbocycles. The third-order valence-electron chi connectivity index (χ3n) is 4.61. The molecule has 120 valence electrons. The lowest BCUT2D eigenvalue weighted by molar-refractivity contribution is 0.911. The lowest BCUT2D eigenvalue weighted by atomic mass is 10.2. The first kappa shape index (κ1) is 17.0. The number of nitrogens with zero attached hydrogens (tertiary/aromatic N) is 2. The highest BCUT2D eigenvalue weighted by atomic mass is 32.3. The van der Waals surface area contributed by atoms with Crippen molar-refractivity contribution in [3.63, 3.8) is 0 Å². The minimum atomic E-state index is -1.17. The molecule has 2 aromatic rings. The molecule has 0 aliphatic heterocycles. The van der Waals surface area contributed by atoms with Gasteiger partial charge in [0.1, 0.15) is 11.8 Å². The minimum absolute atomic E-state index is 0.524. The monoisotopic (exact) mass is 316 g/mol. The molecule has 0 radical (unpaired) electrons. The molecule has 0 saturated carbocycles. The quantitative estimate of drug-likeness (QED) is 0.720. The zero-order chi connectivity index (χ0) is 16.7. The smallest absolute Gasteiger partial charge is 0.130 e. The number of aromatic nitrogens is 1. The number of hydrogen-bond donors (Lipinski definition) is 0. The summed E-state index contributed by atoms with van der Waals surface area (Å²) in [4.78, 5) is 0. The van der Waals surface area contributed by atoms with Crippen molar-refractivity contribution in [2.24, 2.45) is 0 Å². The summed E-state index contributed by atoms with van der Waals surface area (Å²) >= 11 is 0. The Morgan fingerprint density at radius 3 is 1.95 bits per heavy atom. The van der Waals surface area contributed by atoms with Crippen LogP contribution in [0.1, 0.15) is 52.8 Å². The SMILES string of the molecule is Cc1ccc2cc(C#N)n(S(C(C)C)(C(C)C)C(C)C)c2c1. The van der Waals surface area contributed by atoms with E-state index in [1.165, 1.54) is 16.5 Å². The van der Waals surface area contributed by atoms with E-state index < -0.39 is 10.2 Å². The van der Waals surface area contributed by atoms with Crippen molar-refractivity contribution in [3.05, 3.63) is 35.5 Å². The summed E-state index contributed by atoms with van der Waals surface area (Å²) in [6, 6.07) is 11.0. The van der Waals surface area contributed by atoms with Gasteiger partial charge < -0.3 is 0 Å².